The average molecular weight is 349 g/mol. The van der Waals surface area contributed by atoms with Gasteiger partial charge in [-0.1, -0.05) is 31.4 Å². The van der Waals surface area contributed by atoms with Crippen molar-refractivity contribution in [3.05, 3.63) is 59.2 Å². The molecule has 1 aliphatic rings. The van der Waals surface area contributed by atoms with Crippen LogP contribution in [-0.4, -0.2) is 24.4 Å². The van der Waals surface area contributed by atoms with Crippen LogP contribution in [-0.2, 0) is 0 Å². The summed E-state index contributed by atoms with van der Waals surface area (Å²) in [4.78, 5) is 27.5. The Morgan fingerprint density at radius 1 is 1.04 bits per heavy atom. The highest BCUT2D eigenvalue weighted by atomic mass is 16.1. The number of amides is 1. The van der Waals surface area contributed by atoms with Gasteiger partial charge in [0.05, 0.1) is 11.4 Å². The lowest BCUT2D eigenvalue weighted by molar-refractivity contribution is 0.0927. The molecule has 2 aromatic carbocycles. The molecule has 0 saturated heterocycles. The van der Waals surface area contributed by atoms with Crippen molar-refractivity contribution in [3.63, 3.8) is 0 Å². The summed E-state index contributed by atoms with van der Waals surface area (Å²) in [6, 6.07) is 12.5. The number of carbonyl (C=O) groups excluding carboxylic acids is 2. The van der Waals surface area contributed by atoms with E-state index in [1.807, 2.05) is 12.1 Å². The Labute approximate surface area is 153 Å². The molecule has 26 heavy (non-hydrogen) atoms. The number of nitrogens with one attached hydrogen (secondary N) is 1. The highest BCUT2D eigenvalue weighted by molar-refractivity contribution is 5.95. The van der Waals surface area contributed by atoms with Crippen molar-refractivity contribution in [1.82, 2.24) is 5.32 Å². The maximum Gasteiger partial charge on any atom is 0.251 e. The third kappa shape index (κ3) is 4.57. The Morgan fingerprint density at radius 3 is 2.42 bits per heavy atom. The second kappa shape index (κ2) is 8.43. The third-order valence-corrected chi connectivity index (χ3v) is 4.66. The molecule has 5 heteroatoms. The SMILES string of the molecule is Nc1ccc(C=O)cc1N=Cc1ccc(C(=O)NC2CCCCC2)cc1. The van der Waals surface area contributed by atoms with Crippen LogP contribution in [0.2, 0.25) is 0 Å². The summed E-state index contributed by atoms with van der Waals surface area (Å²) in [6.45, 7) is 0. The minimum atomic E-state index is -0.0247. The predicted molar refractivity (Wildman–Crippen MR) is 104 cm³/mol. The van der Waals surface area contributed by atoms with Crippen LogP contribution in [0, 0.1) is 0 Å². The number of anilines is 1. The van der Waals surface area contributed by atoms with Gasteiger partial charge in [-0.05, 0) is 48.7 Å². The van der Waals surface area contributed by atoms with Crippen LogP contribution in [0.5, 0.6) is 0 Å². The van der Waals surface area contributed by atoms with Crippen molar-refractivity contribution in [1.29, 1.82) is 0 Å². The summed E-state index contributed by atoms with van der Waals surface area (Å²) in [5, 5.41) is 3.11. The first-order chi connectivity index (χ1) is 12.7. The molecule has 3 N–H and O–H groups in total. The van der Waals surface area contributed by atoms with Crippen LogP contribution in [0.15, 0.2) is 47.5 Å². The quantitative estimate of drug-likeness (QED) is 0.488. The highest BCUT2D eigenvalue weighted by Crippen LogP contribution is 2.22. The Kier molecular flexibility index (Phi) is 5.79. The van der Waals surface area contributed by atoms with Gasteiger partial charge in [0.2, 0.25) is 0 Å². The van der Waals surface area contributed by atoms with Crippen LogP contribution < -0.4 is 11.1 Å². The summed E-state index contributed by atoms with van der Waals surface area (Å²) < 4.78 is 0. The fourth-order valence-corrected chi connectivity index (χ4v) is 3.13. The monoisotopic (exact) mass is 349 g/mol. The number of aldehydes is 1. The topological polar surface area (TPSA) is 84.6 Å². The normalized spacial score (nSPS) is 15.1. The van der Waals surface area contributed by atoms with Crippen LogP contribution in [0.1, 0.15) is 58.4 Å². The fraction of sp³-hybridized carbons (Fsp3) is 0.286. The molecule has 3 rings (SSSR count). The molecule has 0 bridgehead atoms. The number of hydrogen-bond donors (Lipinski definition) is 2. The van der Waals surface area contributed by atoms with E-state index in [9.17, 15) is 9.59 Å². The molecule has 2 aromatic rings. The average Bonchev–Trinajstić information content (AvgIpc) is 2.68. The van der Waals surface area contributed by atoms with Crippen LogP contribution in [0.3, 0.4) is 0 Å². The first-order valence-electron chi connectivity index (χ1n) is 8.95. The lowest BCUT2D eigenvalue weighted by atomic mass is 9.95. The molecular weight excluding hydrogens is 326 g/mol. The molecule has 0 aliphatic heterocycles. The van der Waals surface area contributed by atoms with Crippen molar-refractivity contribution in [2.75, 3.05) is 5.73 Å². The number of benzene rings is 2. The fourth-order valence-electron chi connectivity index (χ4n) is 3.13. The van der Waals surface area contributed by atoms with Crippen LogP contribution in [0.4, 0.5) is 11.4 Å². The smallest absolute Gasteiger partial charge is 0.251 e. The van der Waals surface area contributed by atoms with Crippen molar-refractivity contribution in [3.8, 4) is 0 Å². The van der Waals surface area contributed by atoms with Gasteiger partial charge in [-0.2, -0.15) is 0 Å². The largest absolute Gasteiger partial charge is 0.397 e. The van der Waals surface area contributed by atoms with Crippen LogP contribution >= 0.6 is 0 Å². The molecule has 1 fully saturated rings. The Balaban J connectivity index is 1.65. The molecular formula is C21H23N3O2. The van der Waals surface area contributed by atoms with E-state index in [1.54, 1.807) is 36.5 Å². The second-order valence-electron chi connectivity index (χ2n) is 6.62. The Morgan fingerprint density at radius 2 is 1.73 bits per heavy atom. The molecule has 134 valence electrons. The summed E-state index contributed by atoms with van der Waals surface area (Å²) in [5.41, 5.74) is 8.97. The lowest BCUT2D eigenvalue weighted by Crippen LogP contribution is -2.36. The number of nitrogens with two attached hydrogens (primary N) is 1. The van der Waals surface area contributed by atoms with E-state index < -0.39 is 0 Å². The third-order valence-electron chi connectivity index (χ3n) is 4.66. The molecule has 0 radical (unpaired) electrons. The van der Waals surface area contributed by atoms with Crippen molar-refractivity contribution in [2.24, 2.45) is 4.99 Å². The van der Waals surface area contributed by atoms with Gasteiger partial charge in [0.1, 0.15) is 6.29 Å². The van der Waals surface area contributed by atoms with Gasteiger partial charge >= 0.3 is 0 Å². The van der Waals surface area contributed by atoms with E-state index in [1.165, 1.54) is 19.3 Å². The summed E-state index contributed by atoms with van der Waals surface area (Å²) in [5.74, 6) is -0.0247. The highest BCUT2D eigenvalue weighted by Gasteiger charge is 2.16. The zero-order valence-electron chi connectivity index (χ0n) is 14.7. The van der Waals surface area contributed by atoms with Crippen molar-refractivity contribution < 1.29 is 9.59 Å². The molecule has 0 atom stereocenters. The first-order valence-corrected chi connectivity index (χ1v) is 8.95. The van der Waals surface area contributed by atoms with Crippen molar-refractivity contribution >= 4 is 29.8 Å². The molecule has 0 heterocycles. The Bertz CT molecular complexity index is 807. The molecule has 1 amide bonds. The molecule has 5 nitrogen and oxygen atoms in total. The van der Waals surface area contributed by atoms with Gasteiger partial charge in [0.15, 0.2) is 0 Å². The number of hydrogen-bond acceptors (Lipinski definition) is 4. The zero-order chi connectivity index (χ0) is 18.4. The second-order valence-corrected chi connectivity index (χ2v) is 6.62. The van der Waals surface area contributed by atoms with Gasteiger partial charge in [-0.3, -0.25) is 14.6 Å². The van der Waals surface area contributed by atoms with Crippen molar-refractivity contribution in [2.45, 2.75) is 38.1 Å². The minimum Gasteiger partial charge on any atom is -0.397 e. The summed E-state index contributed by atoms with van der Waals surface area (Å²) in [6.07, 6.45) is 8.21. The summed E-state index contributed by atoms with van der Waals surface area (Å²) >= 11 is 0. The number of nitrogens with zero attached hydrogens (tertiary/aromatic N) is 1. The van der Waals surface area contributed by atoms with E-state index in [-0.39, 0.29) is 5.91 Å². The van der Waals surface area contributed by atoms with Crippen LogP contribution in [0.25, 0.3) is 0 Å². The number of rotatable bonds is 5. The van der Waals surface area contributed by atoms with Gasteiger partial charge in [0, 0.05) is 23.4 Å². The van der Waals surface area contributed by atoms with E-state index >= 15 is 0 Å². The number of nitrogen functional groups attached to an aromatic ring is 1. The van der Waals surface area contributed by atoms with E-state index in [2.05, 4.69) is 10.3 Å². The van der Waals surface area contributed by atoms with Gasteiger partial charge < -0.3 is 11.1 Å². The molecule has 1 aliphatic carbocycles. The summed E-state index contributed by atoms with van der Waals surface area (Å²) in [7, 11) is 0. The predicted octanol–water partition coefficient (Wildman–Crippen LogP) is 3.89. The van der Waals surface area contributed by atoms with E-state index in [0.717, 1.165) is 24.7 Å². The standard InChI is InChI=1S/C21H23N3O2/c22-19-11-8-16(14-25)12-20(19)23-13-15-6-9-17(10-7-15)21(26)24-18-4-2-1-3-5-18/h6-14,18H,1-5,22H2,(H,24,26). The maximum atomic E-state index is 12.3. The first kappa shape index (κ1) is 17.9. The molecule has 1 saturated carbocycles. The maximum absolute atomic E-state index is 12.3. The Hall–Kier alpha value is -2.95. The van der Waals surface area contributed by atoms with Gasteiger partial charge in [0.25, 0.3) is 5.91 Å². The van der Waals surface area contributed by atoms with Gasteiger partial charge in [-0.15, -0.1) is 0 Å². The zero-order valence-corrected chi connectivity index (χ0v) is 14.7. The van der Waals surface area contributed by atoms with Gasteiger partial charge in [-0.25, -0.2) is 0 Å². The molecule has 0 spiro atoms. The van der Waals surface area contributed by atoms with E-state index in [0.29, 0.717) is 28.5 Å². The number of aliphatic imine (C=N–C) groups is 1. The molecule has 0 unspecified atom stereocenters. The van der Waals surface area contributed by atoms with E-state index in [4.69, 9.17) is 5.73 Å². The minimum absolute atomic E-state index is 0.0247. The lowest BCUT2D eigenvalue weighted by Gasteiger charge is -2.22. The molecule has 0 aromatic heterocycles. The number of carbonyl (C=O) groups is 2.